The van der Waals surface area contributed by atoms with Crippen LogP contribution in [0.15, 0.2) is 18.2 Å². The average Bonchev–Trinajstić information content (AvgIpc) is 2.35. The Morgan fingerprint density at radius 2 is 2.22 bits per heavy atom. The number of hydrogen-bond acceptors (Lipinski definition) is 3. The molecule has 96 valence electrons. The van der Waals surface area contributed by atoms with E-state index in [-0.39, 0.29) is 5.91 Å². The molecule has 4 nitrogen and oxygen atoms in total. The Morgan fingerprint density at radius 1 is 1.50 bits per heavy atom. The zero-order valence-electron chi connectivity index (χ0n) is 11.0. The van der Waals surface area contributed by atoms with Crippen molar-refractivity contribution in [3.63, 3.8) is 0 Å². The molecule has 0 saturated heterocycles. The van der Waals surface area contributed by atoms with Crippen LogP contribution in [0.1, 0.15) is 31.4 Å². The molecule has 0 aliphatic heterocycles. The zero-order chi connectivity index (χ0) is 13.5. The summed E-state index contributed by atoms with van der Waals surface area (Å²) in [6.07, 6.45) is 0.512. The molecule has 0 atom stereocenters. The average molecular weight is 246 g/mol. The van der Waals surface area contributed by atoms with Crippen LogP contribution in [0.5, 0.6) is 5.75 Å². The van der Waals surface area contributed by atoms with Crippen LogP contribution in [0.3, 0.4) is 0 Å². The summed E-state index contributed by atoms with van der Waals surface area (Å²) < 4.78 is 5.20. The van der Waals surface area contributed by atoms with Gasteiger partial charge >= 0.3 is 0 Å². The summed E-state index contributed by atoms with van der Waals surface area (Å²) in [7, 11) is 1.55. The third kappa shape index (κ3) is 4.10. The van der Waals surface area contributed by atoms with E-state index in [1.165, 1.54) is 0 Å². The highest BCUT2D eigenvalue weighted by Gasteiger charge is 2.08. The molecule has 0 radical (unpaired) electrons. The molecule has 0 aromatic heterocycles. The molecule has 0 fully saturated rings. The minimum Gasteiger partial charge on any atom is -0.496 e. The van der Waals surface area contributed by atoms with Crippen LogP contribution in [-0.4, -0.2) is 13.0 Å². The number of nitrogens with zero attached hydrogens (tertiary/aromatic N) is 1. The molecule has 0 aliphatic carbocycles. The number of carbonyl (C=O) groups excluding carboxylic acids is 1. The largest absolute Gasteiger partial charge is 0.496 e. The van der Waals surface area contributed by atoms with Crippen LogP contribution in [0.4, 0.5) is 0 Å². The van der Waals surface area contributed by atoms with Crippen molar-refractivity contribution in [1.29, 1.82) is 5.26 Å². The van der Waals surface area contributed by atoms with Crippen molar-refractivity contribution in [2.24, 2.45) is 5.92 Å². The Balaban J connectivity index is 2.68. The van der Waals surface area contributed by atoms with Gasteiger partial charge in [-0.1, -0.05) is 19.9 Å². The first-order chi connectivity index (χ1) is 8.56. The summed E-state index contributed by atoms with van der Waals surface area (Å²) in [4.78, 5) is 11.5. The van der Waals surface area contributed by atoms with Crippen molar-refractivity contribution in [3.05, 3.63) is 29.3 Å². The number of nitrogens with one attached hydrogen (secondary N) is 1. The van der Waals surface area contributed by atoms with Crippen LogP contribution >= 0.6 is 0 Å². The molecule has 18 heavy (non-hydrogen) atoms. The minimum absolute atomic E-state index is 0.0245. The van der Waals surface area contributed by atoms with Gasteiger partial charge in [0.05, 0.1) is 18.7 Å². The predicted octanol–water partition coefficient (Wildman–Crippen LogP) is 2.23. The van der Waals surface area contributed by atoms with Crippen LogP contribution in [0.2, 0.25) is 0 Å². The van der Waals surface area contributed by atoms with Crippen LogP contribution in [0, 0.1) is 17.2 Å². The van der Waals surface area contributed by atoms with Gasteiger partial charge < -0.3 is 10.1 Å². The van der Waals surface area contributed by atoms with Crippen molar-refractivity contribution in [3.8, 4) is 11.8 Å². The summed E-state index contributed by atoms with van der Waals surface area (Å²) in [5.41, 5.74) is 1.41. The molecule has 0 heterocycles. The molecule has 1 rings (SSSR count). The number of benzene rings is 1. The third-order valence-corrected chi connectivity index (χ3v) is 2.49. The van der Waals surface area contributed by atoms with Gasteiger partial charge in [-0.3, -0.25) is 4.79 Å². The van der Waals surface area contributed by atoms with Gasteiger partial charge in [-0.25, -0.2) is 0 Å². The van der Waals surface area contributed by atoms with Crippen molar-refractivity contribution >= 4 is 5.91 Å². The van der Waals surface area contributed by atoms with Crippen molar-refractivity contribution in [2.75, 3.05) is 7.11 Å². The molecule has 1 N–H and O–H groups in total. The lowest BCUT2D eigenvalue weighted by Gasteiger charge is -2.11. The highest BCUT2D eigenvalue weighted by molar-refractivity contribution is 5.76. The van der Waals surface area contributed by atoms with E-state index in [0.29, 0.717) is 30.2 Å². The Bertz CT molecular complexity index is 461. The van der Waals surface area contributed by atoms with Gasteiger partial charge in [-0.15, -0.1) is 0 Å². The van der Waals surface area contributed by atoms with Gasteiger partial charge in [0.1, 0.15) is 5.75 Å². The fourth-order valence-corrected chi connectivity index (χ4v) is 1.60. The molecule has 0 spiro atoms. The van der Waals surface area contributed by atoms with E-state index in [0.717, 1.165) is 5.56 Å². The van der Waals surface area contributed by atoms with E-state index in [9.17, 15) is 4.79 Å². The van der Waals surface area contributed by atoms with E-state index in [1.807, 2.05) is 13.8 Å². The number of methoxy groups -OCH3 is 1. The van der Waals surface area contributed by atoms with E-state index in [2.05, 4.69) is 11.4 Å². The maximum absolute atomic E-state index is 11.5. The predicted molar refractivity (Wildman–Crippen MR) is 69.0 cm³/mol. The first-order valence-corrected chi connectivity index (χ1v) is 5.90. The first-order valence-electron chi connectivity index (χ1n) is 5.90. The lowest BCUT2D eigenvalue weighted by atomic mass is 10.1. The fourth-order valence-electron chi connectivity index (χ4n) is 1.60. The molecule has 0 bridgehead atoms. The second kappa shape index (κ2) is 6.65. The van der Waals surface area contributed by atoms with E-state index in [4.69, 9.17) is 10.00 Å². The molecular formula is C14H18N2O2. The molecule has 0 aliphatic rings. The highest BCUT2D eigenvalue weighted by atomic mass is 16.5. The maximum Gasteiger partial charge on any atom is 0.220 e. The smallest absolute Gasteiger partial charge is 0.220 e. The molecule has 1 aromatic carbocycles. The summed E-state index contributed by atoms with van der Waals surface area (Å²) in [5, 5.41) is 11.6. The van der Waals surface area contributed by atoms with Gasteiger partial charge in [0.2, 0.25) is 5.91 Å². The fraction of sp³-hybridized carbons (Fsp3) is 0.429. The molecular weight excluding hydrogens is 228 g/mol. The highest BCUT2D eigenvalue weighted by Crippen LogP contribution is 2.19. The Hall–Kier alpha value is -2.02. The van der Waals surface area contributed by atoms with E-state index >= 15 is 0 Å². The normalized spacial score (nSPS) is 9.94. The van der Waals surface area contributed by atoms with Crippen molar-refractivity contribution in [1.82, 2.24) is 5.32 Å². The number of hydrogen-bond donors (Lipinski definition) is 1. The lowest BCUT2D eigenvalue weighted by molar-refractivity contribution is -0.121. The van der Waals surface area contributed by atoms with Gasteiger partial charge in [-0.05, 0) is 18.1 Å². The van der Waals surface area contributed by atoms with Crippen molar-refractivity contribution in [2.45, 2.75) is 26.8 Å². The van der Waals surface area contributed by atoms with Gasteiger partial charge in [-0.2, -0.15) is 5.26 Å². The SMILES string of the molecule is COc1cc(C#N)ccc1CNC(=O)CC(C)C. The Labute approximate surface area is 108 Å². The summed E-state index contributed by atoms with van der Waals surface area (Å²) in [6, 6.07) is 7.24. The molecule has 0 saturated carbocycles. The summed E-state index contributed by atoms with van der Waals surface area (Å²) in [5.74, 6) is 0.989. The lowest BCUT2D eigenvalue weighted by Crippen LogP contribution is -2.24. The van der Waals surface area contributed by atoms with Gasteiger partial charge in [0, 0.05) is 18.5 Å². The van der Waals surface area contributed by atoms with Crippen LogP contribution < -0.4 is 10.1 Å². The van der Waals surface area contributed by atoms with Crippen molar-refractivity contribution < 1.29 is 9.53 Å². The molecule has 0 unspecified atom stereocenters. The van der Waals surface area contributed by atoms with Crippen LogP contribution in [-0.2, 0) is 11.3 Å². The molecule has 4 heteroatoms. The Kier molecular flexibility index (Phi) is 5.19. The quantitative estimate of drug-likeness (QED) is 0.866. The monoisotopic (exact) mass is 246 g/mol. The second-order valence-electron chi connectivity index (χ2n) is 4.51. The summed E-state index contributed by atoms with van der Waals surface area (Å²) >= 11 is 0. The zero-order valence-corrected chi connectivity index (χ0v) is 11.0. The topological polar surface area (TPSA) is 62.1 Å². The maximum atomic E-state index is 11.5. The second-order valence-corrected chi connectivity index (χ2v) is 4.51. The van der Waals surface area contributed by atoms with E-state index < -0.39 is 0 Å². The number of carbonyl (C=O) groups is 1. The number of ether oxygens (including phenoxy) is 1. The molecule has 1 amide bonds. The number of nitriles is 1. The first kappa shape index (κ1) is 14.0. The number of amides is 1. The summed E-state index contributed by atoms with van der Waals surface area (Å²) in [6.45, 7) is 4.42. The minimum atomic E-state index is 0.0245. The standard InChI is InChI=1S/C14H18N2O2/c1-10(2)6-14(17)16-9-12-5-4-11(8-15)7-13(12)18-3/h4-5,7,10H,6,9H2,1-3H3,(H,16,17). The third-order valence-electron chi connectivity index (χ3n) is 2.49. The van der Waals surface area contributed by atoms with Gasteiger partial charge in [0.25, 0.3) is 0 Å². The Morgan fingerprint density at radius 3 is 2.78 bits per heavy atom. The van der Waals surface area contributed by atoms with Gasteiger partial charge in [0.15, 0.2) is 0 Å². The van der Waals surface area contributed by atoms with Crippen LogP contribution in [0.25, 0.3) is 0 Å². The molecule has 1 aromatic rings. The number of rotatable bonds is 5. The van der Waals surface area contributed by atoms with E-state index in [1.54, 1.807) is 25.3 Å².